The van der Waals surface area contributed by atoms with Crippen LogP contribution < -0.4 is 5.32 Å². The van der Waals surface area contributed by atoms with Crippen LogP contribution in [0.2, 0.25) is 0 Å². The number of hydrogen-bond donors (Lipinski definition) is 1. The summed E-state index contributed by atoms with van der Waals surface area (Å²) in [5.41, 5.74) is 3.34. The molecule has 1 unspecified atom stereocenters. The highest BCUT2D eigenvalue weighted by Crippen LogP contribution is 2.11. The van der Waals surface area contributed by atoms with Crippen LogP contribution in [0.5, 0.6) is 0 Å². The minimum absolute atomic E-state index is 0.00590. The second-order valence-corrected chi connectivity index (χ2v) is 4.88. The molecule has 102 valence electrons. The number of carbonyl (C=O) groups is 1. The quantitative estimate of drug-likeness (QED) is 0.835. The first-order chi connectivity index (χ1) is 9.65. The molecular formula is C18H19NO. The molecule has 2 nitrogen and oxygen atoms in total. The zero-order valence-corrected chi connectivity index (χ0v) is 11.8. The number of nitrogens with one attached hydrogen (secondary N) is 1. The van der Waals surface area contributed by atoms with E-state index in [4.69, 9.17) is 0 Å². The summed E-state index contributed by atoms with van der Waals surface area (Å²) in [7, 11) is 0. The van der Waals surface area contributed by atoms with Crippen molar-refractivity contribution in [3.05, 3.63) is 77.4 Å². The van der Waals surface area contributed by atoms with Gasteiger partial charge in [0.15, 0.2) is 0 Å². The maximum atomic E-state index is 11.9. The van der Waals surface area contributed by atoms with Crippen LogP contribution in [0.4, 0.5) is 0 Å². The van der Waals surface area contributed by atoms with E-state index in [1.165, 1.54) is 5.56 Å². The van der Waals surface area contributed by atoms with Crippen LogP contribution in [0.3, 0.4) is 0 Å². The molecule has 2 aromatic rings. The summed E-state index contributed by atoms with van der Waals surface area (Å²) in [6, 6.07) is 18.0. The van der Waals surface area contributed by atoms with E-state index in [-0.39, 0.29) is 11.9 Å². The average Bonchev–Trinajstić information content (AvgIpc) is 2.47. The summed E-state index contributed by atoms with van der Waals surface area (Å²) in [5.74, 6) is -0.0815. The second-order valence-electron chi connectivity index (χ2n) is 4.88. The fourth-order valence-electron chi connectivity index (χ4n) is 1.94. The third-order valence-corrected chi connectivity index (χ3v) is 3.16. The molecule has 2 heteroatoms. The summed E-state index contributed by atoms with van der Waals surface area (Å²) >= 11 is 0. The van der Waals surface area contributed by atoms with Gasteiger partial charge in [-0.1, -0.05) is 60.2 Å². The largest absolute Gasteiger partial charge is 0.346 e. The lowest BCUT2D eigenvalue weighted by molar-refractivity contribution is -0.117. The van der Waals surface area contributed by atoms with E-state index in [0.717, 1.165) is 11.1 Å². The zero-order valence-electron chi connectivity index (χ0n) is 11.8. The summed E-state index contributed by atoms with van der Waals surface area (Å²) in [4.78, 5) is 11.9. The van der Waals surface area contributed by atoms with Crippen molar-refractivity contribution in [3.63, 3.8) is 0 Å². The van der Waals surface area contributed by atoms with Gasteiger partial charge in [-0.2, -0.15) is 0 Å². The number of benzene rings is 2. The molecule has 2 rings (SSSR count). The molecule has 0 heterocycles. The van der Waals surface area contributed by atoms with Crippen molar-refractivity contribution >= 4 is 12.0 Å². The Kier molecular flexibility index (Phi) is 4.72. The molecule has 0 saturated carbocycles. The lowest BCUT2D eigenvalue weighted by Gasteiger charge is -2.12. The molecule has 1 amide bonds. The van der Waals surface area contributed by atoms with Gasteiger partial charge in [0.1, 0.15) is 0 Å². The molecule has 0 spiro atoms. The van der Waals surface area contributed by atoms with Crippen molar-refractivity contribution in [1.29, 1.82) is 0 Å². The summed E-state index contributed by atoms with van der Waals surface area (Å²) in [6.45, 7) is 4.02. The third-order valence-electron chi connectivity index (χ3n) is 3.16. The maximum Gasteiger partial charge on any atom is 0.244 e. The fraction of sp³-hybridized carbons (Fsp3) is 0.167. The molecule has 0 bridgehead atoms. The van der Waals surface area contributed by atoms with Crippen LogP contribution in [0.1, 0.15) is 29.7 Å². The Morgan fingerprint density at radius 1 is 1.05 bits per heavy atom. The van der Waals surface area contributed by atoms with Crippen molar-refractivity contribution in [2.24, 2.45) is 0 Å². The Bertz CT molecular complexity index is 585. The highest BCUT2D eigenvalue weighted by Gasteiger charge is 2.06. The van der Waals surface area contributed by atoms with Gasteiger partial charge in [-0.25, -0.2) is 0 Å². The first-order valence-electron chi connectivity index (χ1n) is 6.75. The Morgan fingerprint density at radius 3 is 2.35 bits per heavy atom. The summed E-state index contributed by atoms with van der Waals surface area (Å²) in [5, 5.41) is 2.95. The molecule has 0 saturated heterocycles. The number of aryl methyl sites for hydroxylation is 1. The van der Waals surface area contributed by atoms with Crippen LogP contribution >= 0.6 is 0 Å². The van der Waals surface area contributed by atoms with Gasteiger partial charge in [-0.15, -0.1) is 0 Å². The molecule has 20 heavy (non-hydrogen) atoms. The second kappa shape index (κ2) is 6.71. The van der Waals surface area contributed by atoms with Crippen molar-refractivity contribution in [3.8, 4) is 0 Å². The highest BCUT2D eigenvalue weighted by atomic mass is 16.1. The van der Waals surface area contributed by atoms with E-state index in [0.29, 0.717) is 0 Å². The standard InChI is InChI=1S/C18H19NO/c1-14-8-10-16(11-9-14)12-13-18(20)19-15(2)17-6-4-3-5-7-17/h3-13,15H,1-2H3,(H,19,20). The fourth-order valence-corrected chi connectivity index (χ4v) is 1.94. The van der Waals surface area contributed by atoms with Crippen LogP contribution in [0.15, 0.2) is 60.7 Å². The molecule has 2 aromatic carbocycles. The van der Waals surface area contributed by atoms with Crippen LogP contribution in [-0.4, -0.2) is 5.91 Å². The molecule has 0 radical (unpaired) electrons. The topological polar surface area (TPSA) is 29.1 Å². The lowest BCUT2D eigenvalue weighted by atomic mass is 10.1. The van der Waals surface area contributed by atoms with E-state index in [9.17, 15) is 4.79 Å². The molecule has 1 atom stereocenters. The van der Waals surface area contributed by atoms with Crippen LogP contribution in [0.25, 0.3) is 6.08 Å². The van der Waals surface area contributed by atoms with Crippen LogP contribution in [-0.2, 0) is 4.79 Å². The predicted octanol–water partition coefficient (Wildman–Crippen LogP) is 3.89. The van der Waals surface area contributed by atoms with E-state index < -0.39 is 0 Å². The monoisotopic (exact) mass is 265 g/mol. The van der Waals surface area contributed by atoms with Gasteiger partial charge in [-0.05, 0) is 31.1 Å². The van der Waals surface area contributed by atoms with Gasteiger partial charge < -0.3 is 5.32 Å². The maximum absolute atomic E-state index is 11.9. The minimum atomic E-state index is -0.0815. The minimum Gasteiger partial charge on any atom is -0.346 e. The van der Waals surface area contributed by atoms with E-state index >= 15 is 0 Å². The van der Waals surface area contributed by atoms with E-state index in [1.54, 1.807) is 6.08 Å². The SMILES string of the molecule is Cc1ccc(C=CC(=O)NC(C)c2ccccc2)cc1. The first-order valence-corrected chi connectivity index (χ1v) is 6.75. The number of carbonyl (C=O) groups excluding carboxylic acids is 1. The van der Waals surface area contributed by atoms with Gasteiger partial charge in [0.05, 0.1) is 6.04 Å². The van der Waals surface area contributed by atoms with E-state index in [1.807, 2.05) is 74.5 Å². The summed E-state index contributed by atoms with van der Waals surface area (Å²) in [6.07, 6.45) is 3.40. The smallest absolute Gasteiger partial charge is 0.244 e. The molecule has 0 aromatic heterocycles. The third kappa shape index (κ3) is 4.09. The van der Waals surface area contributed by atoms with Gasteiger partial charge in [0, 0.05) is 6.08 Å². The highest BCUT2D eigenvalue weighted by molar-refractivity contribution is 5.91. The zero-order chi connectivity index (χ0) is 14.4. The van der Waals surface area contributed by atoms with Crippen molar-refractivity contribution in [2.45, 2.75) is 19.9 Å². The Hall–Kier alpha value is -2.35. The molecule has 1 N–H and O–H groups in total. The predicted molar refractivity (Wildman–Crippen MR) is 83.2 cm³/mol. The van der Waals surface area contributed by atoms with Crippen LogP contribution in [0, 0.1) is 6.92 Å². The van der Waals surface area contributed by atoms with Crippen molar-refractivity contribution in [1.82, 2.24) is 5.32 Å². The Morgan fingerprint density at radius 2 is 1.70 bits per heavy atom. The molecule has 0 fully saturated rings. The normalized spacial score (nSPS) is 12.3. The number of rotatable bonds is 4. The Balaban J connectivity index is 1.94. The van der Waals surface area contributed by atoms with Gasteiger partial charge >= 0.3 is 0 Å². The average molecular weight is 265 g/mol. The molecule has 0 aliphatic carbocycles. The molecule has 0 aliphatic heterocycles. The number of amides is 1. The van der Waals surface area contributed by atoms with Crippen molar-refractivity contribution in [2.75, 3.05) is 0 Å². The summed E-state index contributed by atoms with van der Waals surface area (Å²) < 4.78 is 0. The number of hydrogen-bond acceptors (Lipinski definition) is 1. The van der Waals surface area contributed by atoms with E-state index in [2.05, 4.69) is 5.32 Å². The van der Waals surface area contributed by atoms with Crippen molar-refractivity contribution < 1.29 is 4.79 Å². The van der Waals surface area contributed by atoms with Gasteiger partial charge in [0.2, 0.25) is 5.91 Å². The molecule has 0 aliphatic rings. The first kappa shape index (κ1) is 14.1. The van der Waals surface area contributed by atoms with Gasteiger partial charge in [-0.3, -0.25) is 4.79 Å². The molecular weight excluding hydrogens is 246 g/mol. The Labute approximate surface area is 120 Å². The van der Waals surface area contributed by atoms with Gasteiger partial charge in [0.25, 0.3) is 0 Å². The lowest BCUT2D eigenvalue weighted by Crippen LogP contribution is -2.24.